The molecule has 0 bridgehead atoms. The fourth-order valence-corrected chi connectivity index (χ4v) is 4.52. The van der Waals surface area contributed by atoms with Gasteiger partial charge in [-0.1, -0.05) is 41.4 Å². The van der Waals surface area contributed by atoms with Crippen LogP contribution < -0.4 is 16.0 Å². The number of hydrogen-bond acceptors (Lipinski definition) is 4. The van der Waals surface area contributed by atoms with Crippen LogP contribution in [0.15, 0.2) is 42.5 Å². The highest BCUT2D eigenvalue weighted by Crippen LogP contribution is 2.39. The molecule has 2 aromatic carbocycles. The number of nitrogens with one attached hydrogen (secondary N) is 3. The Morgan fingerprint density at radius 2 is 1.77 bits per heavy atom. The maximum atomic E-state index is 12.6. The van der Waals surface area contributed by atoms with Gasteiger partial charge in [-0.3, -0.25) is 14.9 Å². The number of halogens is 1. The third-order valence-electron chi connectivity index (χ3n) is 4.11. The van der Waals surface area contributed by atoms with Crippen LogP contribution >= 0.6 is 35.2 Å². The predicted molar refractivity (Wildman–Crippen MR) is 129 cm³/mol. The number of amides is 2. The monoisotopic (exact) mass is 459 g/mol. The number of aryl methyl sites for hydroxylation is 1. The number of rotatable bonds is 3. The molecule has 5 nitrogen and oxygen atoms in total. The summed E-state index contributed by atoms with van der Waals surface area (Å²) in [5, 5.41) is 9.98. The molecule has 0 saturated carbocycles. The molecule has 30 heavy (non-hydrogen) atoms. The minimum absolute atomic E-state index is 0.166. The minimum atomic E-state index is -0.376. The number of carbonyl (C=O) groups excluding carboxylic acids is 2. The van der Waals surface area contributed by atoms with Gasteiger partial charge >= 0.3 is 0 Å². The molecular weight excluding hydrogens is 438 g/mol. The second-order valence-electron chi connectivity index (χ2n) is 7.91. The molecule has 8 heteroatoms. The molecule has 0 spiro atoms. The van der Waals surface area contributed by atoms with E-state index in [0.29, 0.717) is 21.2 Å². The molecule has 2 amide bonds. The van der Waals surface area contributed by atoms with Gasteiger partial charge in [0.25, 0.3) is 11.8 Å². The maximum absolute atomic E-state index is 12.6. The highest BCUT2D eigenvalue weighted by atomic mass is 35.5. The van der Waals surface area contributed by atoms with Crippen LogP contribution in [0.5, 0.6) is 0 Å². The van der Waals surface area contributed by atoms with Gasteiger partial charge in [-0.25, -0.2) is 0 Å². The molecule has 1 aromatic heterocycles. The maximum Gasteiger partial charge on any atom is 0.263 e. The van der Waals surface area contributed by atoms with E-state index in [-0.39, 0.29) is 22.5 Å². The lowest BCUT2D eigenvalue weighted by atomic mass is 10.1. The zero-order valence-electron chi connectivity index (χ0n) is 17.1. The number of anilines is 1. The predicted octanol–water partition coefficient (Wildman–Crippen LogP) is 5.52. The van der Waals surface area contributed by atoms with Crippen LogP contribution in [-0.4, -0.2) is 22.5 Å². The Bertz CT molecular complexity index is 1150. The number of carbonyl (C=O) groups is 2. The molecular formula is C22H22ClN3O2S2. The van der Waals surface area contributed by atoms with E-state index in [1.54, 1.807) is 12.1 Å². The van der Waals surface area contributed by atoms with E-state index in [1.807, 2.05) is 58.0 Å². The summed E-state index contributed by atoms with van der Waals surface area (Å²) in [5.41, 5.74) is 1.81. The number of thiophene rings is 1. The molecule has 0 aliphatic rings. The van der Waals surface area contributed by atoms with E-state index in [2.05, 4.69) is 16.0 Å². The van der Waals surface area contributed by atoms with E-state index >= 15 is 0 Å². The van der Waals surface area contributed by atoms with Gasteiger partial charge in [-0.15, -0.1) is 11.3 Å². The van der Waals surface area contributed by atoms with Crippen LogP contribution in [0.3, 0.4) is 0 Å². The first-order valence-electron chi connectivity index (χ1n) is 9.27. The summed E-state index contributed by atoms with van der Waals surface area (Å²) in [5.74, 6) is -0.521. The van der Waals surface area contributed by atoms with Crippen molar-refractivity contribution in [2.45, 2.75) is 33.2 Å². The Morgan fingerprint density at radius 1 is 1.07 bits per heavy atom. The quantitative estimate of drug-likeness (QED) is 0.451. The zero-order valence-corrected chi connectivity index (χ0v) is 19.4. The lowest BCUT2D eigenvalue weighted by molar-refractivity contribution is 0.0922. The van der Waals surface area contributed by atoms with Gasteiger partial charge < -0.3 is 10.6 Å². The third kappa shape index (κ3) is 5.16. The van der Waals surface area contributed by atoms with Gasteiger partial charge in [0.15, 0.2) is 5.11 Å². The zero-order chi connectivity index (χ0) is 22.1. The van der Waals surface area contributed by atoms with E-state index in [0.717, 1.165) is 15.6 Å². The van der Waals surface area contributed by atoms with Crippen LogP contribution in [0.1, 0.15) is 46.4 Å². The number of thiocarbonyl (C=S) groups is 1. The molecule has 3 rings (SSSR count). The normalized spacial score (nSPS) is 11.2. The standard InChI is InChI=1S/C22H22ClN3O2S2/c1-12-7-5-8-13(11-12)19(27)25-21(29)24-15-10-6-9-14-16(23)18(30-17(14)15)20(28)26-22(2,3)4/h5-11H,1-4H3,(H,26,28)(H2,24,25,27,29). The van der Waals surface area contributed by atoms with Crippen LogP contribution in [0.25, 0.3) is 10.1 Å². The topological polar surface area (TPSA) is 70.2 Å². The first-order valence-corrected chi connectivity index (χ1v) is 10.9. The van der Waals surface area contributed by atoms with Crippen LogP contribution in [-0.2, 0) is 0 Å². The fourth-order valence-electron chi connectivity index (χ4n) is 2.85. The molecule has 3 aromatic rings. The molecule has 0 saturated heterocycles. The first-order chi connectivity index (χ1) is 14.0. The molecule has 0 fully saturated rings. The van der Waals surface area contributed by atoms with E-state index in [1.165, 1.54) is 11.3 Å². The van der Waals surface area contributed by atoms with Crippen LogP contribution in [0.2, 0.25) is 5.02 Å². The summed E-state index contributed by atoms with van der Waals surface area (Å²) in [4.78, 5) is 25.5. The summed E-state index contributed by atoms with van der Waals surface area (Å²) in [6, 6.07) is 12.7. The molecule has 0 aliphatic heterocycles. The minimum Gasteiger partial charge on any atom is -0.347 e. The third-order valence-corrected chi connectivity index (χ3v) is 6.05. The van der Waals surface area contributed by atoms with Gasteiger partial charge in [0.2, 0.25) is 0 Å². The van der Waals surface area contributed by atoms with Crippen molar-refractivity contribution in [3.63, 3.8) is 0 Å². The van der Waals surface area contributed by atoms with E-state index in [4.69, 9.17) is 23.8 Å². The number of fused-ring (bicyclic) bond motifs is 1. The lowest BCUT2D eigenvalue weighted by Crippen LogP contribution is -2.40. The molecule has 0 aliphatic carbocycles. The Morgan fingerprint density at radius 3 is 2.43 bits per heavy atom. The highest BCUT2D eigenvalue weighted by Gasteiger charge is 2.22. The molecule has 156 valence electrons. The Kier molecular flexibility index (Phi) is 6.45. The fraction of sp³-hybridized carbons (Fsp3) is 0.227. The van der Waals surface area contributed by atoms with Crippen molar-refractivity contribution in [2.75, 3.05) is 5.32 Å². The summed E-state index contributed by atoms with van der Waals surface area (Å²) < 4.78 is 0.786. The second-order valence-corrected chi connectivity index (χ2v) is 9.72. The van der Waals surface area contributed by atoms with Crippen molar-refractivity contribution < 1.29 is 9.59 Å². The van der Waals surface area contributed by atoms with Crippen molar-refractivity contribution in [3.05, 3.63) is 63.5 Å². The molecule has 0 unspecified atom stereocenters. The Balaban J connectivity index is 1.82. The second kappa shape index (κ2) is 8.71. The van der Waals surface area contributed by atoms with Gasteiger partial charge in [0.05, 0.1) is 15.4 Å². The van der Waals surface area contributed by atoms with E-state index in [9.17, 15) is 9.59 Å². The Labute approximate surface area is 189 Å². The highest BCUT2D eigenvalue weighted by molar-refractivity contribution is 7.80. The SMILES string of the molecule is Cc1cccc(C(=O)NC(=S)Nc2cccc3c(Cl)c(C(=O)NC(C)(C)C)sc23)c1. The molecule has 1 heterocycles. The summed E-state index contributed by atoms with van der Waals surface area (Å²) in [7, 11) is 0. The molecule has 3 N–H and O–H groups in total. The number of benzene rings is 2. The van der Waals surface area contributed by atoms with Gasteiger partial charge in [-0.05, 0) is 58.1 Å². The first kappa shape index (κ1) is 22.2. The summed E-state index contributed by atoms with van der Waals surface area (Å²) in [6.45, 7) is 7.65. The van der Waals surface area contributed by atoms with Crippen molar-refractivity contribution in [2.24, 2.45) is 0 Å². The van der Waals surface area contributed by atoms with Gasteiger partial charge in [0, 0.05) is 16.5 Å². The number of hydrogen-bond donors (Lipinski definition) is 3. The average molecular weight is 460 g/mol. The Hall–Kier alpha value is -2.48. The van der Waals surface area contributed by atoms with E-state index < -0.39 is 0 Å². The van der Waals surface area contributed by atoms with Gasteiger partial charge in [0.1, 0.15) is 4.88 Å². The molecule has 0 atom stereocenters. The molecule has 0 radical (unpaired) electrons. The average Bonchev–Trinajstić information content (AvgIpc) is 2.98. The largest absolute Gasteiger partial charge is 0.347 e. The van der Waals surface area contributed by atoms with Crippen molar-refractivity contribution in [1.82, 2.24) is 10.6 Å². The lowest BCUT2D eigenvalue weighted by Gasteiger charge is -2.19. The van der Waals surface area contributed by atoms with Crippen molar-refractivity contribution >= 4 is 67.9 Å². The van der Waals surface area contributed by atoms with Gasteiger partial charge in [-0.2, -0.15) is 0 Å². The van der Waals surface area contributed by atoms with Crippen LogP contribution in [0, 0.1) is 6.92 Å². The smallest absolute Gasteiger partial charge is 0.263 e. The van der Waals surface area contributed by atoms with Crippen molar-refractivity contribution in [1.29, 1.82) is 0 Å². The summed E-state index contributed by atoms with van der Waals surface area (Å²) in [6.07, 6.45) is 0. The van der Waals surface area contributed by atoms with Crippen molar-refractivity contribution in [3.8, 4) is 0 Å². The summed E-state index contributed by atoms with van der Waals surface area (Å²) >= 11 is 13.1. The van der Waals surface area contributed by atoms with Crippen LogP contribution in [0.4, 0.5) is 5.69 Å².